The number of benzene rings is 2. The number of nitrogens with zero attached hydrogens (tertiary/aromatic N) is 2. The first-order chi connectivity index (χ1) is 16.2. The number of hydrogen-bond donors (Lipinski definition) is 1. The monoisotopic (exact) mass is 561 g/mol. The van der Waals surface area contributed by atoms with Gasteiger partial charge in [-0.25, -0.2) is 4.39 Å². The van der Waals surface area contributed by atoms with Gasteiger partial charge in [-0.1, -0.05) is 39.7 Å². The van der Waals surface area contributed by atoms with Gasteiger partial charge in [0.05, 0.1) is 21.3 Å². The van der Waals surface area contributed by atoms with Crippen molar-refractivity contribution in [2.24, 2.45) is 0 Å². The third-order valence-corrected chi connectivity index (χ3v) is 6.96. The maximum Gasteiger partial charge on any atom is 0.294 e. The smallest absolute Gasteiger partial charge is 0.294 e. The molecular weight excluding hydrogens is 545 g/mol. The quantitative estimate of drug-likeness (QED) is 0.369. The minimum Gasteiger partial charge on any atom is -0.323 e. The van der Waals surface area contributed by atoms with E-state index in [1.165, 1.54) is 6.07 Å². The maximum atomic E-state index is 14.6. The number of aromatic nitrogens is 1. The van der Waals surface area contributed by atoms with Crippen molar-refractivity contribution in [2.45, 2.75) is 13.8 Å². The average Bonchev–Trinajstić information content (AvgIpc) is 3.19. The molecule has 0 unspecified atom stereocenters. The van der Waals surface area contributed by atoms with Gasteiger partial charge in [0.25, 0.3) is 11.1 Å². The average molecular weight is 563 g/mol. The number of carbonyl (C=O) groups excluding carboxylic acids is 3. The minimum atomic E-state index is -0.566. The molecule has 1 saturated heterocycles. The highest BCUT2D eigenvalue weighted by molar-refractivity contribution is 9.10. The standard InChI is InChI=1S/C24H18BrClFN3O3S/c1-13-9-15(14(2)30(13)20-8-7-16(25)11-18(20)27)10-21-23(32)29(24(33)34-21)12-22(31)28-19-6-4-3-5-17(19)26/h3-11H,12H2,1-2H3,(H,28,31)/b21-10+. The highest BCUT2D eigenvalue weighted by Crippen LogP contribution is 2.34. The summed E-state index contributed by atoms with van der Waals surface area (Å²) in [7, 11) is 0. The van der Waals surface area contributed by atoms with E-state index in [1.807, 2.05) is 19.9 Å². The van der Waals surface area contributed by atoms with E-state index in [9.17, 15) is 18.8 Å². The number of amides is 3. The highest BCUT2D eigenvalue weighted by atomic mass is 79.9. The zero-order valence-corrected chi connectivity index (χ0v) is 21.2. The maximum absolute atomic E-state index is 14.6. The fourth-order valence-corrected chi connectivity index (χ4v) is 4.99. The summed E-state index contributed by atoms with van der Waals surface area (Å²) in [6, 6.07) is 13.3. The van der Waals surface area contributed by atoms with Gasteiger partial charge in [-0.2, -0.15) is 0 Å². The highest BCUT2D eigenvalue weighted by Gasteiger charge is 2.36. The molecule has 2 aromatic carbocycles. The van der Waals surface area contributed by atoms with Crippen LogP contribution in [0.25, 0.3) is 11.8 Å². The summed E-state index contributed by atoms with van der Waals surface area (Å²) in [6.07, 6.45) is 1.59. The SMILES string of the molecule is Cc1cc(/C=C2/SC(=O)N(CC(=O)Nc3ccccc3Cl)C2=O)c(C)n1-c1ccc(Br)cc1F. The fourth-order valence-electron chi connectivity index (χ4n) is 3.64. The van der Waals surface area contributed by atoms with Crippen molar-refractivity contribution in [3.63, 3.8) is 0 Å². The van der Waals surface area contributed by atoms with E-state index >= 15 is 0 Å². The van der Waals surface area contributed by atoms with E-state index in [0.717, 1.165) is 22.4 Å². The molecule has 0 aliphatic carbocycles. The zero-order valence-electron chi connectivity index (χ0n) is 18.1. The van der Waals surface area contributed by atoms with Crippen molar-refractivity contribution >= 4 is 68.1 Å². The topological polar surface area (TPSA) is 71.4 Å². The lowest BCUT2D eigenvalue weighted by Crippen LogP contribution is -2.36. The number of thioether (sulfide) groups is 1. The molecule has 0 saturated carbocycles. The van der Waals surface area contributed by atoms with Crippen LogP contribution in [0.15, 0.2) is 57.9 Å². The summed E-state index contributed by atoms with van der Waals surface area (Å²) in [5, 5.41) is 2.41. The van der Waals surface area contributed by atoms with Gasteiger partial charge in [0, 0.05) is 15.9 Å². The molecule has 0 atom stereocenters. The predicted molar refractivity (Wildman–Crippen MR) is 136 cm³/mol. The van der Waals surface area contributed by atoms with Gasteiger partial charge in [0.1, 0.15) is 12.4 Å². The number of halogens is 3. The molecule has 34 heavy (non-hydrogen) atoms. The lowest BCUT2D eigenvalue weighted by Gasteiger charge is -2.13. The van der Waals surface area contributed by atoms with Crippen LogP contribution in [-0.2, 0) is 9.59 Å². The molecule has 1 aromatic heterocycles. The molecule has 6 nitrogen and oxygen atoms in total. The Morgan fingerprint density at radius 2 is 1.91 bits per heavy atom. The molecule has 2 heterocycles. The van der Waals surface area contributed by atoms with Crippen LogP contribution < -0.4 is 5.32 Å². The second-order valence-corrected chi connectivity index (χ2v) is 9.87. The van der Waals surface area contributed by atoms with E-state index in [4.69, 9.17) is 11.6 Å². The molecule has 1 aliphatic heterocycles. The number of carbonyl (C=O) groups is 3. The van der Waals surface area contributed by atoms with Gasteiger partial charge in [0.15, 0.2) is 0 Å². The summed E-state index contributed by atoms with van der Waals surface area (Å²) in [6.45, 7) is 3.20. The van der Waals surface area contributed by atoms with Gasteiger partial charge in [0.2, 0.25) is 5.91 Å². The Morgan fingerprint density at radius 1 is 1.18 bits per heavy atom. The Kier molecular flexibility index (Phi) is 6.97. The molecule has 1 fully saturated rings. The number of hydrogen-bond acceptors (Lipinski definition) is 4. The number of aryl methyl sites for hydroxylation is 1. The molecule has 3 aromatic rings. The number of rotatable bonds is 5. The molecule has 174 valence electrons. The Morgan fingerprint density at radius 3 is 2.62 bits per heavy atom. The molecule has 0 radical (unpaired) electrons. The second kappa shape index (κ2) is 9.77. The largest absolute Gasteiger partial charge is 0.323 e. The Labute approximate surface area is 212 Å². The molecular formula is C24H18BrClFN3O3S. The number of anilines is 1. The Hall–Kier alpha value is -2.88. The first-order valence-corrected chi connectivity index (χ1v) is 12.1. The number of para-hydroxylation sites is 1. The van der Waals surface area contributed by atoms with Crippen LogP contribution in [0.1, 0.15) is 17.0 Å². The normalized spacial score (nSPS) is 14.9. The predicted octanol–water partition coefficient (Wildman–Crippen LogP) is 6.32. The van der Waals surface area contributed by atoms with Gasteiger partial charge in [-0.05, 0) is 73.6 Å². The molecule has 4 rings (SSSR count). The molecule has 3 amide bonds. The summed E-state index contributed by atoms with van der Waals surface area (Å²) >= 11 is 10.1. The van der Waals surface area contributed by atoms with Crippen LogP contribution in [0.3, 0.4) is 0 Å². The first kappa shape index (κ1) is 24.3. The van der Waals surface area contributed by atoms with Crippen molar-refractivity contribution in [3.8, 4) is 5.69 Å². The fraction of sp³-hybridized carbons (Fsp3) is 0.125. The van der Waals surface area contributed by atoms with Crippen LogP contribution in [0.4, 0.5) is 14.9 Å². The summed E-state index contributed by atoms with van der Waals surface area (Å²) < 4.78 is 16.9. The molecule has 1 N–H and O–H groups in total. The van der Waals surface area contributed by atoms with Crippen molar-refractivity contribution in [3.05, 3.63) is 85.7 Å². The zero-order chi connectivity index (χ0) is 24.6. The second-order valence-electron chi connectivity index (χ2n) is 7.55. The summed E-state index contributed by atoms with van der Waals surface area (Å²) in [5.74, 6) is -1.50. The summed E-state index contributed by atoms with van der Waals surface area (Å²) in [5.41, 5.74) is 2.92. The van der Waals surface area contributed by atoms with Crippen LogP contribution in [-0.4, -0.2) is 33.1 Å². The van der Waals surface area contributed by atoms with Crippen LogP contribution >= 0.6 is 39.3 Å². The van der Waals surface area contributed by atoms with Crippen LogP contribution in [0, 0.1) is 19.7 Å². The minimum absolute atomic E-state index is 0.187. The van der Waals surface area contributed by atoms with Gasteiger partial charge >= 0.3 is 0 Å². The van der Waals surface area contributed by atoms with E-state index in [0.29, 0.717) is 32.1 Å². The van der Waals surface area contributed by atoms with Crippen molar-refractivity contribution in [1.82, 2.24) is 9.47 Å². The Balaban J connectivity index is 1.56. The molecule has 0 spiro atoms. The molecule has 0 bridgehead atoms. The van der Waals surface area contributed by atoms with Gasteiger partial charge < -0.3 is 9.88 Å². The first-order valence-electron chi connectivity index (χ1n) is 10.1. The van der Waals surface area contributed by atoms with Crippen molar-refractivity contribution < 1.29 is 18.8 Å². The third-order valence-electron chi connectivity index (χ3n) is 5.23. The Bertz CT molecular complexity index is 1370. The van der Waals surface area contributed by atoms with E-state index in [2.05, 4.69) is 21.2 Å². The number of nitrogens with one attached hydrogen (secondary N) is 1. The number of imide groups is 1. The van der Waals surface area contributed by atoms with Crippen molar-refractivity contribution in [1.29, 1.82) is 0 Å². The lowest BCUT2D eigenvalue weighted by atomic mass is 10.2. The molecule has 10 heteroatoms. The molecule has 1 aliphatic rings. The van der Waals surface area contributed by atoms with E-state index in [-0.39, 0.29) is 4.91 Å². The summed E-state index contributed by atoms with van der Waals surface area (Å²) in [4.78, 5) is 38.8. The third kappa shape index (κ3) is 4.82. The lowest BCUT2D eigenvalue weighted by molar-refractivity contribution is -0.127. The van der Waals surface area contributed by atoms with E-state index < -0.39 is 29.4 Å². The van der Waals surface area contributed by atoms with E-state index in [1.54, 1.807) is 47.0 Å². The van der Waals surface area contributed by atoms with Gasteiger partial charge in [-0.15, -0.1) is 0 Å². The van der Waals surface area contributed by atoms with Crippen LogP contribution in [0.2, 0.25) is 5.02 Å². The van der Waals surface area contributed by atoms with Crippen molar-refractivity contribution in [2.75, 3.05) is 11.9 Å². The van der Waals surface area contributed by atoms with Gasteiger partial charge in [-0.3, -0.25) is 19.3 Å². The van der Waals surface area contributed by atoms with Crippen LogP contribution in [0.5, 0.6) is 0 Å².